The highest BCUT2D eigenvalue weighted by Crippen LogP contribution is 2.27. The Labute approximate surface area is 142 Å². The summed E-state index contributed by atoms with van der Waals surface area (Å²) in [6.07, 6.45) is 2.88. The van der Waals surface area contributed by atoms with Gasteiger partial charge in [0.25, 0.3) is 0 Å². The Hall–Kier alpha value is -1.66. The van der Waals surface area contributed by atoms with E-state index in [1.165, 1.54) is 17.7 Å². The monoisotopic (exact) mass is 337 g/mol. The summed E-state index contributed by atoms with van der Waals surface area (Å²) in [5.41, 5.74) is 5.96. The molecule has 1 fully saturated rings. The van der Waals surface area contributed by atoms with Crippen LogP contribution in [0.5, 0.6) is 0 Å². The Morgan fingerprint density at radius 3 is 2.75 bits per heavy atom. The number of anilines is 1. The summed E-state index contributed by atoms with van der Waals surface area (Å²) < 4.78 is 32.8. The van der Waals surface area contributed by atoms with Crippen LogP contribution >= 0.6 is 0 Å². The lowest BCUT2D eigenvalue weighted by molar-refractivity contribution is 0.0374. The van der Waals surface area contributed by atoms with Gasteiger partial charge in [0.2, 0.25) is 0 Å². The third-order valence-electron chi connectivity index (χ3n) is 4.68. The number of hydrogen-bond acceptors (Lipinski definition) is 4. The topological polar surface area (TPSA) is 27.7 Å². The minimum Gasteiger partial charge on any atom is -0.379 e. The van der Waals surface area contributed by atoms with Crippen LogP contribution in [0.4, 0.5) is 14.5 Å². The second-order valence-electron chi connectivity index (χ2n) is 6.29. The molecule has 4 nitrogen and oxygen atoms in total. The number of rotatable bonds is 6. The van der Waals surface area contributed by atoms with E-state index in [9.17, 15) is 8.78 Å². The molecular formula is C18H25F2N3O. The zero-order valence-corrected chi connectivity index (χ0v) is 14.2. The fourth-order valence-electron chi connectivity index (χ4n) is 3.27. The van der Waals surface area contributed by atoms with Crippen molar-refractivity contribution in [3.8, 4) is 0 Å². The highest BCUT2D eigenvalue weighted by molar-refractivity contribution is 5.51. The molecule has 0 spiro atoms. The molecule has 0 atom stereocenters. The quantitative estimate of drug-likeness (QED) is 0.863. The normalized spacial score (nSPS) is 19.0. The number of hydrazine groups is 1. The average molecular weight is 337 g/mol. The number of ether oxygens (including phenoxy) is 1. The first-order valence-corrected chi connectivity index (χ1v) is 8.67. The van der Waals surface area contributed by atoms with E-state index in [1.54, 1.807) is 5.01 Å². The van der Waals surface area contributed by atoms with Gasteiger partial charge in [-0.1, -0.05) is 6.92 Å². The summed E-state index contributed by atoms with van der Waals surface area (Å²) in [7, 11) is 0. The second kappa shape index (κ2) is 7.94. The molecule has 0 bridgehead atoms. The summed E-state index contributed by atoms with van der Waals surface area (Å²) in [5.74, 6) is -0.832. The van der Waals surface area contributed by atoms with Crippen LogP contribution in [0, 0.1) is 11.6 Å². The lowest BCUT2D eigenvalue weighted by atomic mass is 10.1. The maximum atomic E-state index is 14.0. The first-order chi connectivity index (χ1) is 11.7. The molecule has 1 N–H and O–H groups in total. The molecule has 132 valence electrons. The van der Waals surface area contributed by atoms with Crippen molar-refractivity contribution < 1.29 is 13.5 Å². The van der Waals surface area contributed by atoms with Crippen molar-refractivity contribution in [2.24, 2.45) is 0 Å². The van der Waals surface area contributed by atoms with Crippen molar-refractivity contribution in [2.45, 2.75) is 26.2 Å². The molecule has 3 rings (SSSR count). The molecule has 1 aromatic carbocycles. The van der Waals surface area contributed by atoms with E-state index in [1.807, 2.05) is 0 Å². The molecule has 1 saturated heterocycles. The molecule has 2 aliphatic rings. The number of allylic oxidation sites excluding steroid dienone is 1. The van der Waals surface area contributed by atoms with Crippen molar-refractivity contribution in [1.82, 2.24) is 10.3 Å². The van der Waals surface area contributed by atoms with E-state index >= 15 is 0 Å². The van der Waals surface area contributed by atoms with Gasteiger partial charge in [0.15, 0.2) is 0 Å². The summed E-state index contributed by atoms with van der Waals surface area (Å²) in [6.45, 7) is 7.36. The van der Waals surface area contributed by atoms with Gasteiger partial charge in [0.05, 0.1) is 25.4 Å². The molecular weight excluding hydrogens is 312 g/mol. The molecule has 1 aromatic rings. The van der Waals surface area contributed by atoms with Crippen molar-refractivity contribution in [1.29, 1.82) is 0 Å². The van der Waals surface area contributed by atoms with Gasteiger partial charge in [-0.15, -0.1) is 0 Å². The van der Waals surface area contributed by atoms with Gasteiger partial charge in [-0.05, 0) is 43.5 Å². The zero-order chi connectivity index (χ0) is 16.9. The van der Waals surface area contributed by atoms with Crippen LogP contribution in [0.2, 0.25) is 0 Å². The molecule has 2 heterocycles. The fraction of sp³-hybridized carbons (Fsp3) is 0.556. The van der Waals surface area contributed by atoms with Gasteiger partial charge in [0.1, 0.15) is 11.6 Å². The van der Waals surface area contributed by atoms with Gasteiger partial charge in [-0.3, -0.25) is 9.91 Å². The van der Waals surface area contributed by atoms with Crippen LogP contribution < -0.4 is 10.4 Å². The Bertz CT molecular complexity index is 600. The van der Waals surface area contributed by atoms with Crippen LogP contribution in [-0.4, -0.2) is 44.3 Å². The third-order valence-corrected chi connectivity index (χ3v) is 4.68. The van der Waals surface area contributed by atoms with Gasteiger partial charge < -0.3 is 10.2 Å². The molecule has 0 aliphatic carbocycles. The van der Waals surface area contributed by atoms with E-state index in [4.69, 9.17) is 4.74 Å². The maximum absolute atomic E-state index is 14.0. The van der Waals surface area contributed by atoms with E-state index in [0.717, 1.165) is 63.9 Å². The van der Waals surface area contributed by atoms with Crippen molar-refractivity contribution in [3.63, 3.8) is 0 Å². The van der Waals surface area contributed by atoms with E-state index in [2.05, 4.69) is 17.2 Å². The van der Waals surface area contributed by atoms with Crippen LogP contribution in [0.15, 0.2) is 29.5 Å². The molecule has 0 unspecified atom stereocenters. The van der Waals surface area contributed by atoms with Crippen molar-refractivity contribution in [2.75, 3.05) is 44.4 Å². The first kappa shape index (κ1) is 17.2. The zero-order valence-electron chi connectivity index (χ0n) is 14.2. The number of halogens is 2. The predicted octanol–water partition coefficient (Wildman–Crippen LogP) is 3.07. The highest BCUT2D eigenvalue weighted by atomic mass is 19.1. The minimum absolute atomic E-state index is 0.268. The van der Waals surface area contributed by atoms with Crippen LogP contribution in [0.25, 0.3) is 0 Å². The van der Waals surface area contributed by atoms with E-state index in [0.29, 0.717) is 6.54 Å². The molecule has 0 amide bonds. The van der Waals surface area contributed by atoms with Crippen molar-refractivity contribution in [3.05, 3.63) is 41.1 Å². The number of benzene rings is 1. The predicted molar refractivity (Wildman–Crippen MR) is 90.6 cm³/mol. The summed E-state index contributed by atoms with van der Waals surface area (Å²) >= 11 is 0. The first-order valence-electron chi connectivity index (χ1n) is 8.67. The van der Waals surface area contributed by atoms with E-state index in [-0.39, 0.29) is 5.69 Å². The second-order valence-corrected chi connectivity index (χ2v) is 6.29. The maximum Gasteiger partial charge on any atom is 0.148 e. The minimum atomic E-state index is -0.424. The molecule has 24 heavy (non-hydrogen) atoms. The largest absolute Gasteiger partial charge is 0.379 e. The molecule has 0 aromatic heterocycles. The summed E-state index contributed by atoms with van der Waals surface area (Å²) in [4.78, 5) is 2.41. The molecule has 2 aliphatic heterocycles. The Morgan fingerprint density at radius 2 is 2.00 bits per heavy atom. The number of nitrogens with one attached hydrogen (secondary N) is 1. The Morgan fingerprint density at radius 1 is 1.21 bits per heavy atom. The van der Waals surface area contributed by atoms with E-state index < -0.39 is 11.6 Å². The molecule has 0 saturated carbocycles. The fourth-order valence-corrected chi connectivity index (χ4v) is 3.27. The van der Waals surface area contributed by atoms with Gasteiger partial charge in [0, 0.05) is 24.9 Å². The summed E-state index contributed by atoms with van der Waals surface area (Å²) in [6, 6.07) is 3.56. The number of nitrogens with zero attached hydrogens (tertiary/aromatic N) is 2. The van der Waals surface area contributed by atoms with Gasteiger partial charge in [-0.25, -0.2) is 8.78 Å². The summed E-state index contributed by atoms with van der Waals surface area (Å²) in [5, 5.41) is 1.71. The van der Waals surface area contributed by atoms with Gasteiger partial charge in [-0.2, -0.15) is 0 Å². The van der Waals surface area contributed by atoms with Crippen molar-refractivity contribution >= 4 is 5.69 Å². The SMILES string of the molecule is CCC1=C(CCCN2CCOCC2)NN(c2cc(F)ccc2F)C1. The molecule has 6 heteroatoms. The lowest BCUT2D eigenvalue weighted by Crippen LogP contribution is -2.37. The molecule has 0 radical (unpaired) electrons. The number of morpholine rings is 1. The number of hydrogen-bond donors (Lipinski definition) is 1. The Balaban J connectivity index is 1.57. The standard InChI is InChI=1S/C18H25F2N3O/c1-2-14-13-23(18-12-15(19)5-6-16(18)20)21-17(14)4-3-7-22-8-10-24-11-9-22/h5-6,12,21H,2-4,7-11,13H2,1H3. The third kappa shape index (κ3) is 4.05. The van der Waals surface area contributed by atoms with Crippen LogP contribution in [0.1, 0.15) is 26.2 Å². The average Bonchev–Trinajstić information content (AvgIpc) is 3.01. The van der Waals surface area contributed by atoms with Crippen LogP contribution in [0.3, 0.4) is 0 Å². The smallest absolute Gasteiger partial charge is 0.148 e. The highest BCUT2D eigenvalue weighted by Gasteiger charge is 2.23. The van der Waals surface area contributed by atoms with Crippen LogP contribution in [-0.2, 0) is 4.74 Å². The lowest BCUT2D eigenvalue weighted by Gasteiger charge is -2.26. The Kier molecular flexibility index (Phi) is 5.68. The van der Waals surface area contributed by atoms with Gasteiger partial charge >= 0.3 is 0 Å².